The van der Waals surface area contributed by atoms with Crippen LogP contribution >= 0.6 is 0 Å². The minimum atomic E-state index is -0.393. The van der Waals surface area contributed by atoms with Crippen molar-refractivity contribution in [2.24, 2.45) is 5.92 Å². The molecule has 130 valence electrons. The van der Waals surface area contributed by atoms with Gasteiger partial charge in [-0.05, 0) is 37.5 Å². The molecule has 0 bridgehead atoms. The predicted molar refractivity (Wildman–Crippen MR) is 92.5 cm³/mol. The van der Waals surface area contributed by atoms with E-state index in [1.165, 1.54) is 10.7 Å². The lowest BCUT2D eigenvalue weighted by Gasteiger charge is -2.41. The third kappa shape index (κ3) is 3.16. The number of carbonyl (C=O) groups is 1. The Bertz CT molecular complexity index is 855. The molecule has 1 aromatic heterocycles. The topological polar surface area (TPSA) is 64.4 Å². The van der Waals surface area contributed by atoms with Crippen LogP contribution in [0.3, 0.4) is 0 Å². The Balaban J connectivity index is 1.34. The summed E-state index contributed by atoms with van der Waals surface area (Å²) in [6.07, 6.45) is 1.19. The lowest BCUT2D eigenvalue weighted by molar-refractivity contribution is -0.146. The van der Waals surface area contributed by atoms with E-state index in [1.54, 1.807) is 6.07 Å². The Morgan fingerprint density at radius 1 is 1.24 bits per heavy atom. The van der Waals surface area contributed by atoms with Gasteiger partial charge < -0.3 is 9.64 Å². The highest BCUT2D eigenvalue weighted by Crippen LogP contribution is 2.29. The van der Waals surface area contributed by atoms with Crippen molar-refractivity contribution in [3.63, 3.8) is 0 Å². The summed E-state index contributed by atoms with van der Waals surface area (Å²) in [6.45, 7) is 3.73. The number of carbonyl (C=O) groups excluding carboxylic acids is 1. The molecule has 0 saturated carbocycles. The monoisotopic (exact) mass is 339 g/mol. The van der Waals surface area contributed by atoms with Crippen molar-refractivity contribution in [2.75, 3.05) is 13.1 Å². The average Bonchev–Trinajstić information content (AvgIpc) is 2.59. The van der Waals surface area contributed by atoms with Crippen LogP contribution in [0.15, 0.2) is 41.2 Å². The second-order valence-electron chi connectivity index (χ2n) is 6.86. The van der Waals surface area contributed by atoms with E-state index < -0.39 is 6.10 Å². The number of likely N-dealkylation sites (tertiary alicyclic amines) is 1. The van der Waals surface area contributed by atoms with Crippen molar-refractivity contribution >= 4 is 5.91 Å². The Morgan fingerprint density at radius 2 is 2.04 bits per heavy atom. The van der Waals surface area contributed by atoms with Crippen LogP contribution in [0.1, 0.15) is 17.7 Å². The molecule has 2 aliphatic rings. The van der Waals surface area contributed by atoms with E-state index >= 15 is 0 Å². The maximum absolute atomic E-state index is 12.6. The molecule has 6 heteroatoms. The first kappa shape index (κ1) is 15.9. The first-order valence-corrected chi connectivity index (χ1v) is 8.68. The van der Waals surface area contributed by atoms with E-state index in [-0.39, 0.29) is 17.4 Å². The van der Waals surface area contributed by atoms with Gasteiger partial charge in [-0.15, -0.1) is 0 Å². The number of rotatable bonds is 3. The van der Waals surface area contributed by atoms with Crippen molar-refractivity contribution in [3.05, 3.63) is 58.0 Å². The van der Waals surface area contributed by atoms with Crippen LogP contribution in [0.25, 0.3) is 0 Å². The second kappa shape index (κ2) is 6.35. The number of benzene rings is 1. The van der Waals surface area contributed by atoms with Crippen molar-refractivity contribution in [1.29, 1.82) is 0 Å². The molecule has 6 nitrogen and oxygen atoms in total. The Labute approximate surface area is 146 Å². The molecule has 0 aliphatic carbocycles. The molecule has 1 fully saturated rings. The molecule has 2 aliphatic heterocycles. The minimum Gasteiger partial charge on any atom is -0.480 e. The molecule has 25 heavy (non-hydrogen) atoms. The van der Waals surface area contributed by atoms with Crippen molar-refractivity contribution in [3.8, 4) is 5.75 Å². The van der Waals surface area contributed by atoms with Crippen molar-refractivity contribution < 1.29 is 9.53 Å². The Morgan fingerprint density at radius 3 is 2.88 bits per heavy atom. The Hall–Kier alpha value is -2.63. The zero-order valence-corrected chi connectivity index (χ0v) is 14.2. The number of fused-ring (bicyclic) bond motifs is 1. The molecule has 0 N–H and O–H groups in total. The third-order valence-corrected chi connectivity index (χ3v) is 4.89. The maximum Gasteiger partial charge on any atom is 0.266 e. The highest BCUT2D eigenvalue weighted by Gasteiger charge is 2.37. The van der Waals surface area contributed by atoms with Crippen LogP contribution in [0, 0.1) is 12.8 Å². The van der Waals surface area contributed by atoms with Gasteiger partial charge in [0.25, 0.3) is 11.5 Å². The fraction of sp³-hybridized carbons (Fsp3) is 0.421. The zero-order valence-electron chi connectivity index (χ0n) is 14.2. The average molecular weight is 339 g/mol. The summed E-state index contributed by atoms with van der Waals surface area (Å²) in [5.41, 5.74) is 1.89. The molecule has 2 aromatic rings. The maximum atomic E-state index is 12.6. The molecular formula is C19H21N3O3. The van der Waals surface area contributed by atoms with Crippen LogP contribution in [0.4, 0.5) is 0 Å². The van der Waals surface area contributed by atoms with E-state index in [2.05, 4.69) is 5.10 Å². The third-order valence-electron chi connectivity index (χ3n) is 4.89. The highest BCUT2D eigenvalue weighted by molar-refractivity contribution is 5.82. The summed E-state index contributed by atoms with van der Waals surface area (Å²) in [6, 6.07) is 11.1. The van der Waals surface area contributed by atoms with Gasteiger partial charge in [-0.1, -0.05) is 18.2 Å². The van der Waals surface area contributed by atoms with Gasteiger partial charge in [-0.2, -0.15) is 5.10 Å². The normalized spacial score (nSPS) is 19.7. The van der Waals surface area contributed by atoms with Crippen LogP contribution < -0.4 is 10.3 Å². The number of hydrogen-bond donors (Lipinski definition) is 0. The SMILES string of the molecule is Cc1ccc(=O)n(CC2CN(C(=O)C3CCc4ccccc4O3)C2)n1. The lowest BCUT2D eigenvalue weighted by Crippen LogP contribution is -2.56. The predicted octanol–water partition coefficient (Wildman–Crippen LogP) is 1.40. The first-order valence-electron chi connectivity index (χ1n) is 8.68. The summed E-state index contributed by atoms with van der Waals surface area (Å²) in [5.74, 6) is 1.14. The largest absolute Gasteiger partial charge is 0.480 e. The van der Waals surface area contributed by atoms with Crippen LogP contribution in [-0.4, -0.2) is 39.8 Å². The van der Waals surface area contributed by atoms with Crippen LogP contribution in [-0.2, 0) is 17.8 Å². The van der Waals surface area contributed by atoms with E-state index in [0.29, 0.717) is 19.6 Å². The number of aromatic nitrogens is 2. The van der Waals surface area contributed by atoms with Gasteiger partial charge in [-0.25, -0.2) is 4.68 Å². The van der Waals surface area contributed by atoms with E-state index in [0.717, 1.165) is 29.8 Å². The summed E-state index contributed by atoms with van der Waals surface area (Å²) >= 11 is 0. The van der Waals surface area contributed by atoms with Gasteiger partial charge >= 0.3 is 0 Å². The molecule has 1 unspecified atom stereocenters. The number of amides is 1. The minimum absolute atomic E-state index is 0.0512. The van der Waals surface area contributed by atoms with Crippen molar-refractivity contribution in [1.82, 2.24) is 14.7 Å². The van der Waals surface area contributed by atoms with Gasteiger partial charge in [0.05, 0.1) is 12.2 Å². The quantitative estimate of drug-likeness (QED) is 0.848. The van der Waals surface area contributed by atoms with Gasteiger partial charge in [0.1, 0.15) is 5.75 Å². The lowest BCUT2D eigenvalue weighted by atomic mass is 9.96. The summed E-state index contributed by atoms with van der Waals surface area (Å²) in [5, 5.41) is 4.26. The first-order chi connectivity index (χ1) is 12.1. The number of ether oxygens (including phenoxy) is 1. The van der Waals surface area contributed by atoms with Crippen molar-refractivity contribution in [2.45, 2.75) is 32.4 Å². The zero-order chi connectivity index (χ0) is 17.4. The fourth-order valence-electron chi connectivity index (χ4n) is 3.49. The standard InChI is InChI=1S/C19H21N3O3/c1-13-6-9-18(23)22(20-13)12-14-10-21(11-14)19(24)17-8-7-15-4-2-3-5-16(15)25-17/h2-6,9,14,17H,7-8,10-12H2,1H3. The van der Waals surface area contributed by atoms with Gasteiger partial charge in [0, 0.05) is 25.1 Å². The van der Waals surface area contributed by atoms with Crippen LogP contribution in [0.5, 0.6) is 5.75 Å². The van der Waals surface area contributed by atoms with E-state index in [4.69, 9.17) is 4.74 Å². The Kier molecular flexibility index (Phi) is 4.03. The summed E-state index contributed by atoms with van der Waals surface area (Å²) < 4.78 is 7.38. The summed E-state index contributed by atoms with van der Waals surface area (Å²) in [4.78, 5) is 26.3. The molecule has 0 radical (unpaired) electrons. The molecule has 4 rings (SSSR count). The molecule has 0 spiro atoms. The number of hydrogen-bond acceptors (Lipinski definition) is 4. The highest BCUT2D eigenvalue weighted by atomic mass is 16.5. The fourth-order valence-corrected chi connectivity index (χ4v) is 3.49. The van der Waals surface area contributed by atoms with Gasteiger partial charge in [0.2, 0.25) is 0 Å². The summed E-state index contributed by atoms with van der Waals surface area (Å²) in [7, 11) is 0. The molecule has 1 atom stereocenters. The molecule has 1 amide bonds. The number of aryl methyl sites for hydroxylation is 2. The molecule has 1 saturated heterocycles. The number of nitrogens with zero attached hydrogens (tertiary/aromatic N) is 3. The van der Waals surface area contributed by atoms with Gasteiger partial charge in [-0.3, -0.25) is 9.59 Å². The molecular weight excluding hydrogens is 318 g/mol. The van der Waals surface area contributed by atoms with Gasteiger partial charge in [0.15, 0.2) is 6.10 Å². The van der Waals surface area contributed by atoms with E-state index in [1.807, 2.05) is 36.1 Å². The second-order valence-corrected chi connectivity index (χ2v) is 6.86. The van der Waals surface area contributed by atoms with Crippen LogP contribution in [0.2, 0.25) is 0 Å². The molecule has 3 heterocycles. The smallest absolute Gasteiger partial charge is 0.266 e. The van der Waals surface area contributed by atoms with E-state index in [9.17, 15) is 9.59 Å². The molecule has 1 aromatic carbocycles. The number of para-hydroxylation sites is 1.